The van der Waals surface area contributed by atoms with Crippen molar-refractivity contribution in [2.24, 2.45) is 0 Å². The Balaban J connectivity index is 1.89. The maximum Gasteiger partial charge on any atom is 0.339 e. The first kappa shape index (κ1) is 27.4. The number of halogens is 2. The Morgan fingerprint density at radius 3 is 2.31 bits per heavy atom. The number of non-ortho nitro benzene ring substituents is 1. The highest BCUT2D eigenvalue weighted by Crippen LogP contribution is 2.36. The van der Waals surface area contributed by atoms with E-state index in [9.17, 15) is 28.6 Å². The molecule has 0 fully saturated rings. The number of rotatable bonds is 8. The summed E-state index contributed by atoms with van der Waals surface area (Å²) < 4.78 is 37.3. The van der Waals surface area contributed by atoms with Gasteiger partial charge in [0.1, 0.15) is 16.5 Å². The van der Waals surface area contributed by atoms with E-state index < -0.39 is 20.9 Å². The zero-order valence-electron chi connectivity index (χ0n) is 18.3. The molecule has 0 unspecified atom stereocenters. The van der Waals surface area contributed by atoms with Crippen LogP contribution in [-0.4, -0.2) is 26.4 Å². The van der Waals surface area contributed by atoms with E-state index in [1.165, 1.54) is 25.3 Å². The summed E-state index contributed by atoms with van der Waals surface area (Å²) in [6.45, 7) is 0. The van der Waals surface area contributed by atoms with Crippen LogP contribution in [0.15, 0.2) is 71.1 Å². The summed E-state index contributed by atoms with van der Waals surface area (Å²) in [5, 5.41) is 23.0. The SMILES string of the molecule is COc1cc(/C=C(\C#N)C(=O)Nc2ccc(I)cc2)cc(I)c1OS(=O)(=O)c1ccc([N+](=O)[O-])cc1. The molecule has 10 nitrogen and oxygen atoms in total. The van der Waals surface area contributed by atoms with Gasteiger partial charge in [0.25, 0.3) is 11.6 Å². The first-order valence-corrected chi connectivity index (χ1v) is 13.4. The lowest BCUT2D eigenvalue weighted by Gasteiger charge is -2.13. The van der Waals surface area contributed by atoms with Gasteiger partial charge in [-0.1, -0.05) is 0 Å². The molecule has 13 heteroatoms. The van der Waals surface area contributed by atoms with E-state index in [0.717, 1.165) is 27.8 Å². The topological polar surface area (TPSA) is 149 Å². The van der Waals surface area contributed by atoms with Gasteiger partial charge in [0.05, 0.1) is 15.6 Å². The average Bonchev–Trinajstić information content (AvgIpc) is 2.85. The fourth-order valence-corrected chi connectivity index (χ4v) is 5.04. The molecule has 184 valence electrons. The Morgan fingerprint density at radius 1 is 1.11 bits per heavy atom. The Labute approximate surface area is 233 Å². The van der Waals surface area contributed by atoms with Crippen LogP contribution in [0.2, 0.25) is 0 Å². The summed E-state index contributed by atoms with van der Waals surface area (Å²) in [4.78, 5) is 22.5. The van der Waals surface area contributed by atoms with E-state index in [-0.39, 0.29) is 27.7 Å². The Kier molecular flexibility index (Phi) is 8.87. The third kappa shape index (κ3) is 6.71. The lowest BCUT2D eigenvalue weighted by molar-refractivity contribution is -0.384. The van der Waals surface area contributed by atoms with Crippen LogP contribution < -0.4 is 14.2 Å². The van der Waals surface area contributed by atoms with Crippen molar-refractivity contribution in [3.8, 4) is 17.6 Å². The number of methoxy groups -OCH3 is 1. The maximum absolute atomic E-state index is 12.7. The smallest absolute Gasteiger partial charge is 0.339 e. The predicted molar refractivity (Wildman–Crippen MR) is 148 cm³/mol. The van der Waals surface area contributed by atoms with E-state index in [1.54, 1.807) is 12.1 Å². The zero-order chi connectivity index (χ0) is 26.5. The van der Waals surface area contributed by atoms with Crippen molar-refractivity contribution in [2.45, 2.75) is 4.90 Å². The van der Waals surface area contributed by atoms with Gasteiger partial charge < -0.3 is 14.2 Å². The predicted octanol–water partition coefficient (Wildman–Crippen LogP) is 5.13. The number of nitrogens with one attached hydrogen (secondary N) is 1. The number of hydrogen-bond acceptors (Lipinski definition) is 8. The van der Waals surface area contributed by atoms with Crippen LogP contribution in [0.1, 0.15) is 5.56 Å². The minimum absolute atomic E-state index is 0.0361. The van der Waals surface area contributed by atoms with E-state index in [0.29, 0.717) is 14.8 Å². The molecule has 3 rings (SSSR count). The lowest BCUT2D eigenvalue weighted by atomic mass is 10.1. The summed E-state index contributed by atoms with van der Waals surface area (Å²) in [5.41, 5.74) is 0.467. The van der Waals surface area contributed by atoms with Crippen molar-refractivity contribution < 1.29 is 27.1 Å². The van der Waals surface area contributed by atoms with Crippen LogP contribution >= 0.6 is 45.2 Å². The number of nitriles is 1. The molecule has 0 saturated carbocycles. The van der Waals surface area contributed by atoms with Crippen molar-refractivity contribution in [3.05, 3.63) is 89.1 Å². The fraction of sp³-hybridized carbons (Fsp3) is 0.0435. The molecule has 0 aliphatic heterocycles. The molecule has 1 N–H and O–H groups in total. The van der Waals surface area contributed by atoms with Crippen molar-refractivity contribution >= 4 is 78.7 Å². The van der Waals surface area contributed by atoms with Crippen LogP contribution in [0, 0.1) is 28.6 Å². The summed E-state index contributed by atoms with van der Waals surface area (Å²) in [6.07, 6.45) is 1.33. The molecule has 0 spiro atoms. The highest BCUT2D eigenvalue weighted by molar-refractivity contribution is 14.1. The highest BCUT2D eigenvalue weighted by Gasteiger charge is 2.23. The number of amides is 1. The molecule has 0 radical (unpaired) electrons. The van der Waals surface area contributed by atoms with Crippen LogP contribution in [0.5, 0.6) is 11.5 Å². The Hall–Kier alpha value is -3.23. The van der Waals surface area contributed by atoms with Crippen molar-refractivity contribution in [2.75, 3.05) is 12.4 Å². The van der Waals surface area contributed by atoms with E-state index >= 15 is 0 Å². The van der Waals surface area contributed by atoms with Gasteiger partial charge in [-0.15, -0.1) is 0 Å². The monoisotopic (exact) mass is 731 g/mol. The molecular formula is C23H15I2N3O7S. The highest BCUT2D eigenvalue weighted by atomic mass is 127. The van der Waals surface area contributed by atoms with Crippen LogP contribution in [-0.2, 0) is 14.9 Å². The summed E-state index contributed by atoms with van der Waals surface area (Å²) in [6, 6.07) is 16.0. The van der Waals surface area contributed by atoms with Gasteiger partial charge >= 0.3 is 10.1 Å². The molecule has 0 bridgehead atoms. The largest absolute Gasteiger partial charge is 0.493 e. The lowest BCUT2D eigenvalue weighted by Crippen LogP contribution is -2.13. The average molecular weight is 731 g/mol. The molecule has 0 saturated heterocycles. The molecule has 0 aliphatic carbocycles. The van der Waals surface area contributed by atoms with Gasteiger partial charge in [-0.25, -0.2) is 0 Å². The second-order valence-electron chi connectivity index (χ2n) is 6.95. The number of carbonyl (C=O) groups excluding carboxylic acids is 1. The van der Waals surface area contributed by atoms with Gasteiger partial charge in [-0.05, 0) is 105 Å². The minimum Gasteiger partial charge on any atom is -0.493 e. The molecular weight excluding hydrogens is 716 g/mol. The van der Waals surface area contributed by atoms with Gasteiger partial charge in [0.2, 0.25) is 0 Å². The quantitative estimate of drug-likeness (QED) is 0.0838. The molecule has 1 amide bonds. The van der Waals surface area contributed by atoms with Crippen LogP contribution in [0.3, 0.4) is 0 Å². The minimum atomic E-state index is -4.34. The number of hydrogen-bond donors (Lipinski definition) is 1. The van der Waals surface area contributed by atoms with Gasteiger partial charge in [0, 0.05) is 21.4 Å². The number of nitro benzene ring substituents is 1. The van der Waals surface area contributed by atoms with Crippen molar-refractivity contribution in [1.82, 2.24) is 0 Å². The first-order valence-electron chi connectivity index (χ1n) is 9.79. The number of nitrogens with zero attached hydrogens (tertiary/aromatic N) is 2. The molecule has 3 aromatic carbocycles. The number of nitro groups is 1. The molecule has 0 aromatic heterocycles. The maximum atomic E-state index is 12.7. The fourth-order valence-electron chi connectivity index (χ4n) is 2.84. The molecule has 36 heavy (non-hydrogen) atoms. The van der Waals surface area contributed by atoms with E-state index in [4.69, 9.17) is 8.92 Å². The second kappa shape index (κ2) is 11.7. The molecule has 0 atom stereocenters. The number of carbonyl (C=O) groups is 1. The standard InChI is InChI=1S/C23H15I2N3O7S/c1-34-21-12-14(10-15(13-26)23(29)27-17-4-2-16(24)3-5-17)11-20(25)22(21)35-36(32,33)19-8-6-18(7-9-19)28(30)31/h2-12H,1H3,(H,27,29)/b15-10+. The molecule has 0 aliphatic rings. The van der Waals surface area contributed by atoms with Crippen molar-refractivity contribution in [3.63, 3.8) is 0 Å². The van der Waals surface area contributed by atoms with E-state index in [2.05, 4.69) is 27.9 Å². The van der Waals surface area contributed by atoms with Crippen LogP contribution in [0.25, 0.3) is 6.08 Å². The number of ether oxygens (including phenoxy) is 1. The number of anilines is 1. The second-order valence-corrected chi connectivity index (χ2v) is 10.9. The summed E-state index contributed by atoms with van der Waals surface area (Å²) in [7, 11) is -3.04. The zero-order valence-corrected chi connectivity index (χ0v) is 23.4. The normalized spacial score (nSPS) is 11.3. The van der Waals surface area contributed by atoms with Crippen LogP contribution in [0.4, 0.5) is 11.4 Å². The van der Waals surface area contributed by atoms with Gasteiger partial charge in [-0.3, -0.25) is 14.9 Å². The van der Waals surface area contributed by atoms with E-state index in [1.807, 2.05) is 40.8 Å². The Bertz CT molecular complexity index is 1500. The van der Waals surface area contributed by atoms with Gasteiger partial charge in [0.15, 0.2) is 11.5 Å². The molecule has 3 aromatic rings. The van der Waals surface area contributed by atoms with Gasteiger partial charge in [-0.2, -0.15) is 13.7 Å². The van der Waals surface area contributed by atoms with Crippen molar-refractivity contribution in [1.29, 1.82) is 5.26 Å². The molecule has 0 heterocycles. The Morgan fingerprint density at radius 2 is 1.75 bits per heavy atom. The third-order valence-corrected chi connectivity index (χ3v) is 7.32. The third-order valence-electron chi connectivity index (χ3n) is 4.56. The first-order chi connectivity index (χ1) is 17.0. The summed E-state index contributed by atoms with van der Waals surface area (Å²) in [5.74, 6) is -0.696. The number of benzene rings is 3. The summed E-state index contributed by atoms with van der Waals surface area (Å²) >= 11 is 3.97.